The van der Waals surface area contributed by atoms with E-state index in [1.807, 2.05) is 0 Å². The summed E-state index contributed by atoms with van der Waals surface area (Å²) < 4.78 is 0.427. The summed E-state index contributed by atoms with van der Waals surface area (Å²) in [6.45, 7) is 0. The van der Waals surface area contributed by atoms with E-state index in [0.717, 1.165) is 0 Å². The normalized spacial score (nSPS) is 10.4. The Morgan fingerprint density at radius 1 is 1.57 bits per heavy atom. The lowest BCUT2D eigenvalue weighted by Gasteiger charge is -2.05. The average molecular weight is 192 g/mol. The van der Waals surface area contributed by atoms with Crippen LogP contribution in [0.3, 0.4) is 0 Å². The largest absolute Gasteiger partial charge is 0.422 e. The Hall–Kier alpha value is -2.11. The van der Waals surface area contributed by atoms with E-state index in [2.05, 4.69) is 15.3 Å². The molecule has 6 nitrogen and oxygen atoms in total. The fourth-order valence-corrected chi connectivity index (χ4v) is 1.23. The van der Waals surface area contributed by atoms with Crippen LogP contribution < -0.4 is 11.0 Å². The second-order valence-electron chi connectivity index (χ2n) is 2.68. The van der Waals surface area contributed by atoms with Gasteiger partial charge in [0, 0.05) is 13.2 Å². The first-order valence-corrected chi connectivity index (χ1v) is 3.99. The van der Waals surface area contributed by atoms with E-state index in [1.54, 1.807) is 19.2 Å². The standard InChI is InChI=1S/C8H8N4O2/c1-9-6-5-3-2-4-10-7(5)12(14)8(13)11-6/h2-4,14H,1H3,(H,9,11,13). The Balaban J connectivity index is 2.97. The van der Waals surface area contributed by atoms with Gasteiger partial charge in [-0.3, -0.25) is 0 Å². The molecule has 14 heavy (non-hydrogen) atoms. The second-order valence-corrected chi connectivity index (χ2v) is 2.68. The van der Waals surface area contributed by atoms with Gasteiger partial charge in [-0.15, -0.1) is 4.73 Å². The molecule has 2 aromatic rings. The molecule has 0 amide bonds. The van der Waals surface area contributed by atoms with Gasteiger partial charge in [-0.2, -0.15) is 4.98 Å². The minimum Gasteiger partial charge on any atom is -0.422 e. The zero-order valence-electron chi connectivity index (χ0n) is 7.43. The molecule has 0 bridgehead atoms. The molecule has 2 N–H and O–H groups in total. The van der Waals surface area contributed by atoms with Gasteiger partial charge in [0.1, 0.15) is 5.82 Å². The molecule has 0 fully saturated rings. The van der Waals surface area contributed by atoms with E-state index in [0.29, 0.717) is 15.9 Å². The van der Waals surface area contributed by atoms with Crippen molar-refractivity contribution in [3.05, 3.63) is 28.8 Å². The van der Waals surface area contributed by atoms with Crippen LogP contribution in [0, 0.1) is 0 Å². The maximum absolute atomic E-state index is 11.1. The molecule has 72 valence electrons. The van der Waals surface area contributed by atoms with Crippen LogP contribution in [0.5, 0.6) is 0 Å². The number of rotatable bonds is 1. The topological polar surface area (TPSA) is 80.0 Å². The summed E-state index contributed by atoms with van der Waals surface area (Å²) in [5.41, 5.74) is -0.558. The summed E-state index contributed by atoms with van der Waals surface area (Å²) in [6, 6.07) is 3.42. The Labute approximate surface area is 78.8 Å². The van der Waals surface area contributed by atoms with E-state index in [9.17, 15) is 10.0 Å². The molecule has 6 heteroatoms. The van der Waals surface area contributed by atoms with Gasteiger partial charge in [-0.1, -0.05) is 0 Å². The number of fused-ring (bicyclic) bond motifs is 1. The predicted molar refractivity (Wildman–Crippen MR) is 50.5 cm³/mol. The van der Waals surface area contributed by atoms with E-state index in [-0.39, 0.29) is 5.65 Å². The van der Waals surface area contributed by atoms with Gasteiger partial charge in [-0.25, -0.2) is 9.78 Å². The Morgan fingerprint density at radius 3 is 3.07 bits per heavy atom. The zero-order chi connectivity index (χ0) is 10.1. The number of nitrogens with zero attached hydrogens (tertiary/aromatic N) is 3. The summed E-state index contributed by atoms with van der Waals surface area (Å²) in [4.78, 5) is 18.6. The third-order valence-electron chi connectivity index (χ3n) is 1.87. The third kappa shape index (κ3) is 1.08. The molecule has 0 aliphatic heterocycles. The smallest absolute Gasteiger partial charge is 0.384 e. The molecule has 0 unspecified atom stereocenters. The van der Waals surface area contributed by atoms with Crippen LogP contribution in [-0.2, 0) is 0 Å². The number of anilines is 1. The molecule has 0 aliphatic rings. The summed E-state index contributed by atoms with van der Waals surface area (Å²) in [5, 5.41) is 12.7. The first-order valence-electron chi connectivity index (χ1n) is 3.99. The van der Waals surface area contributed by atoms with Crippen LogP contribution in [0.4, 0.5) is 5.82 Å². The third-order valence-corrected chi connectivity index (χ3v) is 1.87. The highest BCUT2D eigenvalue weighted by Crippen LogP contribution is 2.15. The van der Waals surface area contributed by atoms with Gasteiger partial charge in [-0.05, 0) is 12.1 Å². The van der Waals surface area contributed by atoms with Crippen molar-refractivity contribution in [1.29, 1.82) is 0 Å². The lowest BCUT2D eigenvalue weighted by Crippen LogP contribution is -2.23. The molecule has 2 rings (SSSR count). The van der Waals surface area contributed by atoms with Gasteiger partial charge >= 0.3 is 5.69 Å². The first kappa shape index (κ1) is 8.49. The van der Waals surface area contributed by atoms with Crippen molar-refractivity contribution in [2.75, 3.05) is 12.4 Å². The van der Waals surface area contributed by atoms with Crippen molar-refractivity contribution in [2.45, 2.75) is 0 Å². The zero-order valence-corrected chi connectivity index (χ0v) is 7.43. The monoisotopic (exact) mass is 192 g/mol. The lowest BCUT2D eigenvalue weighted by molar-refractivity contribution is 0.182. The molecule has 0 radical (unpaired) electrons. The van der Waals surface area contributed by atoms with Crippen molar-refractivity contribution in [3.63, 3.8) is 0 Å². The van der Waals surface area contributed by atoms with Gasteiger partial charge < -0.3 is 10.5 Å². The van der Waals surface area contributed by atoms with Gasteiger partial charge in [0.25, 0.3) is 0 Å². The first-order chi connectivity index (χ1) is 6.74. The van der Waals surface area contributed by atoms with E-state index >= 15 is 0 Å². The van der Waals surface area contributed by atoms with Crippen molar-refractivity contribution in [2.24, 2.45) is 0 Å². The van der Waals surface area contributed by atoms with Crippen molar-refractivity contribution < 1.29 is 5.21 Å². The average Bonchev–Trinajstić information content (AvgIpc) is 2.23. The molecular formula is C8H8N4O2. The second kappa shape index (κ2) is 2.99. The molecule has 0 aliphatic carbocycles. The Kier molecular flexibility index (Phi) is 1.81. The molecule has 0 saturated carbocycles. The predicted octanol–water partition coefficient (Wildman–Crippen LogP) is 0.0705. The van der Waals surface area contributed by atoms with Crippen LogP contribution in [0.25, 0.3) is 11.0 Å². The Morgan fingerprint density at radius 2 is 2.36 bits per heavy atom. The van der Waals surface area contributed by atoms with Crippen molar-refractivity contribution >= 4 is 16.9 Å². The van der Waals surface area contributed by atoms with Gasteiger partial charge in [0.15, 0.2) is 5.65 Å². The number of pyridine rings is 1. The number of hydrogen-bond acceptors (Lipinski definition) is 5. The van der Waals surface area contributed by atoms with Crippen LogP contribution in [-0.4, -0.2) is 27.0 Å². The number of nitrogens with one attached hydrogen (secondary N) is 1. The maximum Gasteiger partial charge on any atom is 0.384 e. The highest BCUT2D eigenvalue weighted by molar-refractivity contribution is 5.85. The molecule has 0 atom stereocenters. The van der Waals surface area contributed by atoms with Crippen molar-refractivity contribution in [3.8, 4) is 0 Å². The molecule has 0 saturated heterocycles. The molecule has 0 spiro atoms. The quantitative estimate of drug-likeness (QED) is 0.625. The van der Waals surface area contributed by atoms with E-state index in [1.165, 1.54) is 6.20 Å². The summed E-state index contributed by atoms with van der Waals surface area (Å²) in [6.07, 6.45) is 1.49. The molecule has 0 aromatic carbocycles. The summed E-state index contributed by atoms with van der Waals surface area (Å²) in [7, 11) is 1.65. The summed E-state index contributed by atoms with van der Waals surface area (Å²) >= 11 is 0. The molecule has 2 heterocycles. The van der Waals surface area contributed by atoms with Crippen LogP contribution in [0.2, 0.25) is 0 Å². The number of hydrogen-bond donors (Lipinski definition) is 2. The Bertz CT molecular complexity index is 534. The van der Waals surface area contributed by atoms with Crippen LogP contribution in [0.1, 0.15) is 0 Å². The molecular weight excluding hydrogens is 184 g/mol. The SMILES string of the molecule is CNc1nc(=O)n(O)c2ncccc12. The fourth-order valence-electron chi connectivity index (χ4n) is 1.23. The van der Waals surface area contributed by atoms with Crippen LogP contribution >= 0.6 is 0 Å². The summed E-state index contributed by atoms with van der Waals surface area (Å²) in [5.74, 6) is 0.406. The minimum absolute atomic E-state index is 0.192. The van der Waals surface area contributed by atoms with E-state index in [4.69, 9.17) is 0 Å². The minimum atomic E-state index is -0.749. The van der Waals surface area contributed by atoms with Gasteiger partial charge in [0.05, 0.1) is 5.39 Å². The molecule has 2 aromatic heterocycles. The number of aromatic nitrogens is 3. The fraction of sp³-hybridized carbons (Fsp3) is 0.125. The van der Waals surface area contributed by atoms with E-state index < -0.39 is 5.69 Å². The van der Waals surface area contributed by atoms with Crippen molar-refractivity contribution in [1.82, 2.24) is 14.7 Å². The van der Waals surface area contributed by atoms with Crippen LogP contribution in [0.15, 0.2) is 23.1 Å². The van der Waals surface area contributed by atoms with Gasteiger partial charge in [0.2, 0.25) is 0 Å². The highest BCUT2D eigenvalue weighted by atomic mass is 16.5. The highest BCUT2D eigenvalue weighted by Gasteiger charge is 2.08. The lowest BCUT2D eigenvalue weighted by atomic mass is 10.3. The maximum atomic E-state index is 11.1.